The quantitative estimate of drug-likeness (QED) is 0.554. The standard InChI is InChI=1S/C22H33N5S/c1-5-23-21(24-12-10-20-25-14-17(2)28-20)26-16-22(3,4)27-13-11-18-8-6-7-9-19(18)15-27/h6-9,14H,5,10-13,15-16H2,1-4H3,(H2,23,24,26). The molecular weight excluding hydrogens is 366 g/mol. The molecule has 0 aliphatic carbocycles. The van der Waals surface area contributed by atoms with E-state index in [-0.39, 0.29) is 5.54 Å². The molecule has 1 aliphatic rings. The van der Waals surface area contributed by atoms with Crippen molar-refractivity contribution in [2.24, 2.45) is 4.99 Å². The molecule has 0 fully saturated rings. The summed E-state index contributed by atoms with van der Waals surface area (Å²) >= 11 is 1.77. The lowest BCUT2D eigenvalue weighted by Gasteiger charge is -2.40. The molecular formula is C22H33N5S. The number of nitrogens with zero attached hydrogens (tertiary/aromatic N) is 3. The van der Waals surface area contributed by atoms with Gasteiger partial charge in [-0.15, -0.1) is 11.3 Å². The van der Waals surface area contributed by atoms with Gasteiger partial charge in [0.15, 0.2) is 5.96 Å². The molecule has 0 amide bonds. The first kappa shape index (κ1) is 20.8. The number of guanidine groups is 1. The van der Waals surface area contributed by atoms with Crippen molar-refractivity contribution in [3.63, 3.8) is 0 Å². The van der Waals surface area contributed by atoms with Gasteiger partial charge in [0.05, 0.1) is 11.6 Å². The summed E-state index contributed by atoms with van der Waals surface area (Å²) < 4.78 is 0. The van der Waals surface area contributed by atoms with E-state index in [2.05, 4.69) is 72.5 Å². The van der Waals surface area contributed by atoms with Crippen LogP contribution in [0.15, 0.2) is 35.5 Å². The fourth-order valence-electron chi connectivity index (χ4n) is 3.53. The van der Waals surface area contributed by atoms with Gasteiger partial charge in [-0.1, -0.05) is 24.3 Å². The Morgan fingerprint density at radius 2 is 2.04 bits per heavy atom. The van der Waals surface area contributed by atoms with Crippen molar-refractivity contribution in [2.75, 3.05) is 26.2 Å². The molecule has 0 saturated heterocycles. The van der Waals surface area contributed by atoms with Gasteiger partial charge in [0.25, 0.3) is 0 Å². The third kappa shape index (κ3) is 5.55. The number of fused-ring (bicyclic) bond motifs is 1. The number of rotatable bonds is 7. The zero-order valence-electron chi connectivity index (χ0n) is 17.6. The average molecular weight is 400 g/mol. The normalized spacial score (nSPS) is 15.4. The Balaban J connectivity index is 1.56. The first-order valence-corrected chi connectivity index (χ1v) is 11.0. The van der Waals surface area contributed by atoms with Gasteiger partial charge < -0.3 is 10.6 Å². The Bertz CT molecular complexity index is 796. The van der Waals surface area contributed by atoms with E-state index in [0.29, 0.717) is 0 Å². The van der Waals surface area contributed by atoms with Gasteiger partial charge in [-0.25, -0.2) is 4.98 Å². The van der Waals surface area contributed by atoms with Gasteiger partial charge in [-0.05, 0) is 45.2 Å². The van der Waals surface area contributed by atoms with Gasteiger partial charge in [0.1, 0.15) is 0 Å². The predicted octanol–water partition coefficient (Wildman–Crippen LogP) is 3.39. The molecule has 1 aliphatic heterocycles. The van der Waals surface area contributed by atoms with Crippen LogP contribution in [0.1, 0.15) is 41.8 Å². The molecule has 6 heteroatoms. The maximum Gasteiger partial charge on any atom is 0.191 e. The molecule has 0 spiro atoms. The highest BCUT2D eigenvalue weighted by Gasteiger charge is 2.29. The predicted molar refractivity (Wildman–Crippen MR) is 119 cm³/mol. The van der Waals surface area contributed by atoms with Crippen LogP contribution in [-0.2, 0) is 19.4 Å². The molecule has 0 unspecified atom stereocenters. The third-order valence-corrected chi connectivity index (χ3v) is 6.23. The van der Waals surface area contributed by atoms with E-state index in [0.717, 1.165) is 51.5 Å². The fraction of sp³-hybridized carbons (Fsp3) is 0.545. The van der Waals surface area contributed by atoms with Gasteiger partial charge in [-0.3, -0.25) is 9.89 Å². The number of hydrogen-bond acceptors (Lipinski definition) is 4. The van der Waals surface area contributed by atoms with Crippen LogP contribution in [0.2, 0.25) is 0 Å². The number of thiazole rings is 1. The van der Waals surface area contributed by atoms with Crippen LogP contribution in [-0.4, -0.2) is 47.6 Å². The Hall–Kier alpha value is -1.92. The van der Waals surface area contributed by atoms with Crippen LogP contribution < -0.4 is 10.6 Å². The Morgan fingerprint density at radius 1 is 1.25 bits per heavy atom. The first-order valence-electron chi connectivity index (χ1n) is 10.2. The SMILES string of the molecule is CCNC(=NCC(C)(C)N1CCc2ccccc2C1)NCCc1ncc(C)s1. The Labute approximate surface area is 173 Å². The smallest absolute Gasteiger partial charge is 0.191 e. The maximum atomic E-state index is 4.89. The van der Waals surface area contributed by atoms with Gasteiger partial charge in [-0.2, -0.15) is 0 Å². The lowest BCUT2D eigenvalue weighted by molar-refractivity contribution is 0.111. The summed E-state index contributed by atoms with van der Waals surface area (Å²) in [5.41, 5.74) is 2.96. The molecule has 152 valence electrons. The van der Waals surface area contributed by atoms with E-state index in [1.54, 1.807) is 11.3 Å². The minimum Gasteiger partial charge on any atom is -0.357 e. The summed E-state index contributed by atoms with van der Waals surface area (Å²) in [4.78, 5) is 13.1. The summed E-state index contributed by atoms with van der Waals surface area (Å²) in [6, 6.07) is 8.80. The highest BCUT2D eigenvalue weighted by Crippen LogP contribution is 2.25. The van der Waals surface area contributed by atoms with E-state index in [4.69, 9.17) is 4.99 Å². The zero-order chi connectivity index (χ0) is 20.0. The van der Waals surface area contributed by atoms with Gasteiger partial charge in [0.2, 0.25) is 0 Å². The largest absolute Gasteiger partial charge is 0.357 e. The second-order valence-corrected chi connectivity index (χ2v) is 9.31. The summed E-state index contributed by atoms with van der Waals surface area (Å²) in [6.45, 7) is 13.4. The fourth-order valence-corrected chi connectivity index (χ4v) is 4.32. The molecule has 0 bridgehead atoms. The number of hydrogen-bond donors (Lipinski definition) is 2. The number of nitrogens with one attached hydrogen (secondary N) is 2. The molecule has 0 radical (unpaired) electrons. The molecule has 5 nitrogen and oxygen atoms in total. The highest BCUT2D eigenvalue weighted by atomic mass is 32.1. The Kier molecular flexibility index (Phi) is 7.08. The molecule has 2 heterocycles. The number of aromatic nitrogens is 1. The molecule has 1 aromatic heterocycles. The Morgan fingerprint density at radius 3 is 2.75 bits per heavy atom. The molecule has 0 saturated carbocycles. The summed E-state index contributed by atoms with van der Waals surface area (Å²) in [5.74, 6) is 0.890. The molecule has 3 rings (SSSR count). The first-order chi connectivity index (χ1) is 13.5. The van der Waals surface area contributed by atoms with Crippen molar-refractivity contribution in [2.45, 2.75) is 52.6 Å². The van der Waals surface area contributed by atoms with E-state index in [9.17, 15) is 0 Å². The molecule has 1 aromatic carbocycles. The third-order valence-electron chi connectivity index (χ3n) is 5.26. The average Bonchev–Trinajstić information content (AvgIpc) is 3.11. The number of aryl methyl sites for hydroxylation is 1. The molecule has 2 aromatic rings. The van der Waals surface area contributed by atoms with Crippen LogP contribution in [0.5, 0.6) is 0 Å². The van der Waals surface area contributed by atoms with Crippen LogP contribution in [0.25, 0.3) is 0 Å². The summed E-state index contributed by atoms with van der Waals surface area (Å²) in [5, 5.41) is 8.00. The molecule has 2 N–H and O–H groups in total. The monoisotopic (exact) mass is 399 g/mol. The van der Waals surface area contributed by atoms with Crippen LogP contribution in [0.3, 0.4) is 0 Å². The van der Waals surface area contributed by atoms with Crippen LogP contribution in [0.4, 0.5) is 0 Å². The highest BCUT2D eigenvalue weighted by molar-refractivity contribution is 7.11. The lowest BCUT2D eigenvalue weighted by atomic mass is 9.94. The van der Waals surface area contributed by atoms with Crippen LogP contribution >= 0.6 is 11.3 Å². The minimum absolute atomic E-state index is 0.0162. The van der Waals surface area contributed by atoms with E-state index < -0.39 is 0 Å². The lowest BCUT2D eigenvalue weighted by Crippen LogP contribution is -2.49. The van der Waals surface area contributed by atoms with Crippen LogP contribution in [0, 0.1) is 6.92 Å². The van der Waals surface area contributed by atoms with Crippen molar-refractivity contribution in [3.8, 4) is 0 Å². The summed E-state index contributed by atoms with van der Waals surface area (Å²) in [7, 11) is 0. The van der Waals surface area contributed by atoms with Crippen molar-refractivity contribution >= 4 is 17.3 Å². The summed E-state index contributed by atoms with van der Waals surface area (Å²) in [6.07, 6.45) is 3.99. The van der Waals surface area contributed by atoms with Gasteiger partial charge >= 0.3 is 0 Å². The van der Waals surface area contributed by atoms with Crippen molar-refractivity contribution < 1.29 is 0 Å². The van der Waals surface area contributed by atoms with E-state index in [1.807, 2.05) is 6.20 Å². The zero-order valence-corrected chi connectivity index (χ0v) is 18.4. The van der Waals surface area contributed by atoms with Crippen molar-refractivity contribution in [1.82, 2.24) is 20.5 Å². The number of benzene rings is 1. The van der Waals surface area contributed by atoms with Crippen molar-refractivity contribution in [3.05, 3.63) is 51.5 Å². The number of aliphatic imine (C=N–C) groups is 1. The van der Waals surface area contributed by atoms with E-state index >= 15 is 0 Å². The van der Waals surface area contributed by atoms with E-state index in [1.165, 1.54) is 21.0 Å². The second-order valence-electron chi connectivity index (χ2n) is 7.99. The maximum absolute atomic E-state index is 4.89. The second kappa shape index (κ2) is 9.52. The van der Waals surface area contributed by atoms with Gasteiger partial charge in [0, 0.05) is 49.2 Å². The molecule has 0 atom stereocenters. The van der Waals surface area contributed by atoms with Crippen molar-refractivity contribution in [1.29, 1.82) is 0 Å². The topological polar surface area (TPSA) is 52.6 Å². The molecule has 28 heavy (non-hydrogen) atoms. The minimum atomic E-state index is 0.0162.